The summed E-state index contributed by atoms with van der Waals surface area (Å²) in [4.78, 5) is 16.8. The van der Waals surface area contributed by atoms with Crippen LogP contribution in [0.2, 0.25) is 0 Å². The van der Waals surface area contributed by atoms with E-state index in [1.807, 2.05) is 42.3 Å². The third-order valence-corrected chi connectivity index (χ3v) is 5.09. The van der Waals surface area contributed by atoms with E-state index in [0.717, 1.165) is 44.1 Å². The topological polar surface area (TPSA) is 63.3 Å². The number of benzene rings is 2. The minimum absolute atomic E-state index is 0.0553. The Morgan fingerprint density at radius 2 is 1.83 bits per heavy atom. The van der Waals surface area contributed by atoms with Crippen LogP contribution in [-0.2, 0) is 22.6 Å². The largest absolute Gasteiger partial charge is 0.493 e. The Morgan fingerprint density at radius 1 is 1.10 bits per heavy atom. The van der Waals surface area contributed by atoms with Crippen LogP contribution in [0.5, 0.6) is 11.5 Å². The van der Waals surface area contributed by atoms with Gasteiger partial charge in [-0.1, -0.05) is 24.3 Å². The zero-order chi connectivity index (χ0) is 21.3. The number of carbonyl (C=O) groups is 1. The van der Waals surface area contributed by atoms with Crippen molar-refractivity contribution in [1.29, 1.82) is 0 Å². The predicted molar refractivity (Wildman–Crippen MR) is 117 cm³/mol. The van der Waals surface area contributed by atoms with Gasteiger partial charge in [0.1, 0.15) is 0 Å². The number of likely N-dealkylation sites (N-methyl/N-ethyl adjacent to an activating group) is 1. The number of hydrogen-bond acceptors (Lipinski definition) is 6. The summed E-state index contributed by atoms with van der Waals surface area (Å²) in [6.07, 6.45) is 0. The molecule has 1 N–H and O–H groups in total. The molecule has 1 saturated heterocycles. The molecule has 30 heavy (non-hydrogen) atoms. The smallest absolute Gasteiger partial charge is 0.238 e. The number of nitrogens with one attached hydrogen (secondary N) is 1. The van der Waals surface area contributed by atoms with Crippen molar-refractivity contribution < 1.29 is 19.0 Å². The lowest BCUT2D eigenvalue weighted by molar-refractivity contribution is -0.117. The number of ether oxygens (including phenoxy) is 3. The molecule has 0 spiro atoms. The molecule has 0 aromatic heterocycles. The molecule has 0 atom stereocenters. The molecule has 1 aliphatic rings. The van der Waals surface area contributed by atoms with Crippen molar-refractivity contribution in [1.82, 2.24) is 9.80 Å². The Hall–Kier alpha value is -2.61. The van der Waals surface area contributed by atoms with Crippen LogP contribution in [0.25, 0.3) is 0 Å². The monoisotopic (exact) mass is 413 g/mol. The summed E-state index contributed by atoms with van der Waals surface area (Å²) in [6.45, 7) is 5.27. The van der Waals surface area contributed by atoms with Gasteiger partial charge in [-0.2, -0.15) is 0 Å². The molecule has 1 heterocycles. The van der Waals surface area contributed by atoms with Gasteiger partial charge < -0.3 is 19.5 Å². The fraction of sp³-hybridized carbons (Fsp3) is 0.435. The minimum atomic E-state index is -0.0553. The van der Waals surface area contributed by atoms with Gasteiger partial charge in [-0.3, -0.25) is 14.6 Å². The summed E-state index contributed by atoms with van der Waals surface area (Å²) in [6, 6.07) is 13.8. The second kappa shape index (κ2) is 11.0. The first kappa shape index (κ1) is 22.1. The Morgan fingerprint density at radius 3 is 2.50 bits per heavy atom. The van der Waals surface area contributed by atoms with Crippen molar-refractivity contribution >= 4 is 11.6 Å². The fourth-order valence-electron chi connectivity index (χ4n) is 3.58. The van der Waals surface area contributed by atoms with Gasteiger partial charge in [-0.15, -0.1) is 0 Å². The lowest BCUT2D eigenvalue weighted by atomic mass is 10.1. The van der Waals surface area contributed by atoms with Gasteiger partial charge >= 0.3 is 0 Å². The molecule has 1 aliphatic heterocycles. The van der Waals surface area contributed by atoms with Crippen LogP contribution < -0.4 is 14.8 Å². The maximum atomic E-state index is 12.5. The van der Waals surface area contributed by atoms with Crippen molar-refractivity contribution in [3.63, 3.8) is 0 Å². The maximum Gasteiger partial charge on any atom is 0.238 e. The van der Waals surface area contributed by atoms with Gasteiger partial charge in [0.15, 0.2) is 11.5 Å². The molecule has 162 valence electrons. The Kier molecular flexibility index (Phi) is 8.07. The van der Waals surface area contributed by atoms with Gasteiger partial charge in [-0.25, -0.2) is 0 Å². The average Bonchev–Trinajstić information content (AvgIpc) is 2.75. The Bertz CT molecular complexity index is 820. The summed E-state index contributed by atoms with van der Waals surface area (Å²) in [5.74, 6) is 1.33. The van der Waals surface area contributed by atoms with Gasteiger partial charge in [-0.05, 0) is 30.8 Å². The number of nitrogens with zero attached hydrogens (tertiary/aromatic N) is 2. The zero-order valence-corrected chi connectivity index (χ0v) is 18.0. The lowest BCUT2D eigenvalue weighted by Crippen LogP contribution is -2.35. The van der Waals surface area contributed by atoms with E-state index < -0.39 is 0 Å². The molecular formula is C23H31N3O4. The molecule has 7 nitrogen and oxygen atoms in total. The summed E-state index contributed by atoms with van der Waals surface area (Å²) >= 11 is 0. The van der Waals surface area contributed by atoms with Gasteiger partial charge in [0.25, 0.3) is 0 Å². The molecule has 1 amide bonds. The molecule has 2 aromatic rings. The van der Waals surface area contributed by atoms with E-state index >= 15 is 0 Å². The minimum Gasteiger partial charge on any atom is -0.493 e. The zero-order valence-electron chi connectivity index (χ0n) is 18.0. The third-order valence-electron chi connectivity index (χ3n) is 5.09. The SMILES string of the molecule is COc1cccc(CN(C)CC(=O)Nc2ccc(CN3CCOCC3)cc2)c1OC. The first-order valence-corrected chi connectivity index (χ1v) is 10.2. The quantitative estimate of drug-likeness (QED) is 0.682. The first-order chi connectivity index (χ1) is 14.6. The van der Waals surface area contributed by atoms with Crippen LogP contribution in [0.3, 0.4) is 0 Å². The van der Waals surface area contributed by atoms with Gasteiger partial charge in [0.05, 0.1) is 34.0 Å². The van der Waals surface area contributed by atoms with Gasteiger partial charge in [0, 0.05) is 37.4 Å². The Balaban J connectivity index is 1.50. The molecule has 0 aliphatic carbocycles. The molecule has 0 unspecified atom stereocenters. The number of methoxy groups -OCH3 is 2. The highest BCUT2D eigenvalue weighted by Gasteiger charge is 2.14. The number of hydrogen-bond donors (Lipinski definition) is 1. The van der Waals surface area contributed by atoms with Crippen LogP contribution in [0.15, 0.2) is 42.5 Å². The second-order valence-electron chi connectivity index (χ2n) is 7.46. The van der Waals surface area contributed by atoms with Crippen LogP contribution in [0, 0.1) is 0 Å². The molecule has 0 radical (unpaired) electrons. The summed E-state index contributed by atoms with van der Waals surface area (Å²) in [5, 5.41) is 2.97. The van der Waals surface area contributed by atoms with Crippen LogP contribution in [0.1, 0.15) is 11.1 Å². The number of para-hydroxylation sites is 1. The van der Waals surface area contributed by atoms with E-state index in [0.29, 0.717) is 18.0 Å². The molecular weight excluding hydrogens is 382 g/mol. The average molecular weight is 414 g/mol. The van der Waals surface area contributed by atoms with Crippen molar-refractivity contribution in [3.8, 4) is 11.5 Å². The standard InChI is InChI=1S/C23H31N3O4/c1-25(16-19-5-4-6-21(28-2)23(19)29-3)17-22(27)24-20-9-7-18(8-10-20)15-26-11-13-30-14-12-26/h4-10H,11-17H2,1-3H3,(H,24,27). The highest BCUT2D eigenvalue weighted by atomic mass is 16.5. The molecule has 3 rings (SSSR count). The number of carbonyl (C=O) groups excluding carboxylic acids is 1. The molecule has 0 bridgehead atoms. The maximum absolute atomic E-state index is 12.5. The molecule has 7 heteroatoms. The van der Waals surface area contributed by atoms with E-state index in [1.54, 1.807) is 14.2 Å². The molecule has 2 aromatic carbocycles. The summed E-state index contributed by atoms with van der Waals surface area (Å²) in [7, 11) is 5.14. The number of anilines is 1. The van der Waals surface area contributed by atoms with E-state index in [4.69, 9.17) is 14.2 Å². The van der Waals surface area contributed by atoms with Crippen LogP contribution in [0.4, 0.5) is 5.69 Å². The highest BCUT2D eigenvalue weighted by molar-refractivity contribution is 5.92. The number of morpholine rings is 1. The first-order valence-electron chi connectivity index (χ1n) is 10.2. The number of amides is 1. The van der Waals surface area contributed by atoms with E-state index in [2.05, 4.69) is 22.3 Å². The van der Waals surface area contributed by atoms with E-state index in [9.17, 15) is 4.79 Å². The normalized spacial score (nSPS) is 14.5. The molecule has 0 saturated carbocycles. The van der Waals surface area contributed by atoms with Crippen molar-refractivity contribution in [2.24, 2.45) is 0 Å². The van der Waals surface area contributed by atoms with Crippen molar-refractivity contribution in [3.05, 3.63) is 53.6 Å². The van der Waals surface area contributed by atoms with E-state index in [1.165, 1.54) is 5.56 Å². The lowest BCUT2D eigenvalue weighted by Gasteiger charge is -2.26. The fourth-order valence-corrected chi connectivity index (χ4v) is 3.58. The predicted octanol–water partition coefficient (Wildman–Crippen LogP) is 2.61. The van der Waals surface area contributed by atoms with Gasteiger partial charge in [0.2, 0.25) is 5.91 Å². The summed E-state index contributed by atoms with van der Waals surface area (Å²) < 4.78 is 16.2. The van der Waals surface area contributed by atoms with Crippen molar-refractivity contribution in [2.45, 2.75) is 13.1 Å². The van der Waals surface area contributed by atoms with Crippen LogP contribution in [-0.4, -0.2) is 69.8 Å². The summed E-state index contributed by atoms with van der Waals surface area (Å²) in [5.41, 5.74) is 3.01. The van der Waals surface area contributed by atoms with Crippen molar-refractivity contribution in [2.75, 3.05) is 59.4 Å². The highest BCUT2D eigenvalue weighted by Crippen LogP contribution is 2.31. The molecule has 1 fully saturated rings. The van der Waals surface area contributed by atoms with E-state index in [-0.39, 0.29) is 12.5 Å². The van der Waals surface area contributed by atoms with Crippen LogP contribution >= 0.6 is 0 Å². The number of rotatable bonds is 9. The second-order valence-corrected chi connectivity index (χ2v) is 7.46. The Labute approximate surface area is 178 Å². The third kappa shape index (κ3) is 6.19.